The summed E-state index contributed by atoms with van der Waals surface area (Å²) in [6, 6.07) is 15.1. The highest BCUT2D eigenvalue weighted by molar-refractivity contribution is 6.51. The molecule has 0 saturated carbocycles. The Morgan fingerprint density at radius 2 is 1.83 bits per heavy atom. The maximum atomic E-state index is 13.4. The van der Waals surface area contributed by atoms with E-state index in [0.717, 1.165) is 11.1 Å². The van der Waals surface area contributed by atoms with Crippen LogP contribution in [0.15, 0.2) is 72.6 Å². The number of carbonyl (C=O) groups excluding carboxylic acids is 2. The Kier molecular flexibility index (Phi) is 5.56. The third-order valence-corrected chi connectivity index (χ3v) is 6.20. The second kappa shape index (κ2) is 8.72. The van der Waals surface area contributed by atoms with Gasteiger partial charge < -0.3 is 14.8 Å². The van der Waals surface area contributed by atoms with E-state index >= 15 is 0 Å². The Hall–Kier alpha value is -4.46. The molecule has 1 fully saturated rings. The van der Waals surface area contributed by atoms with Gasteiger partial charge >= 0.3 is 5.91 Å². The quantitative estimate of drug-likeness (QED) is 0.249. The molecule has 0 radical (unpaired) electrons. The molecular weight excluding hydrogens is 444 g/mol. The number of amides is 1. The number of aromatic amines is 1. The Labute approximate surface area is 201 Å². The molecule has 35 heavy (non-hydrogen) atoms. The van der Waals surface area contributed by atoms with Crippen LogP contribution in [-0.4, -0.2) is 38.9 Å². The number of aliphatic hydroxyl groups is 1. The van der Waals surface area contributed by atoms with Crippen LogP contribution in [-0.2, 0) is 9.59 Å². The molecule has 1 unspecified atom stereocenters. The number of H-pyrrole nitrogens is 1. The second-order valence-corrected chi connectivity index (χ2v) is 8.64. The molecule has 8 heteroatoms. The van der Waals surface area contributed by atoms with E-state index in [1.807, 2.05) is 38.1 Å². The predicted molar refractivity (Wildman–Crippen MR) is 132 cm³/mol. The number of ether oxygens (including phenoxy) is 1. The first-order valence-electron chi connectivity index (χ1n) is 11.2. The van der Waals surface area contributed by atoms with Crippen molar-refractivity contribution in [1.29, 1.82) is 0 Å². The zero-order chi connectivity index (χ0) is 24.7. The van der Waals surface area contributed by atoms with Crippen molar-refractivity contribution in [2.24, 2.45) is 0 Å². The lowest BCUT2D eigenvalue weighted by Crippen LogP contribution is -2.30. The lowest BCUT2D eigenvalue weighted by Gasteiger charge is -2.23. The van der Waals surface area contributed by atoms with Crippen LogP contribution < -0.4 is 9.64 Å². The van der Waals surface area contributed by atoms with E-state index in [0.29, 0.717) is 22.4 Å². The summed E-state index contributed by atoms with van der Waals surface area (Å²) in [5.74, 6) is -0.784. The smallest absolute Gasteiger partial charge is 0.302 e. The largest absolute Gasteiger partial charge is 0.507 e. The highest BCUT2D eigenvalue weighted by Crippen LogP contribution is 2.42. The zero-order valence-corrected chi connectivity index (χ0v) is 19.5. The number of Topliss-reactive ketones (excluding diaryl/α,β-unsaturated/α-hetero) is 1. The van der Waals surface area contributed by atoms with Gasteiger partial charge in [-0.25, -0.2) is 4.98 Å². The Bertz CT molecular complexity index is 1440. The molecule has 8 nitrogen and oxygen atoms in total. The fraction of sp³-hybridized carbons (Fsp3) is 0.185. The van der Waals surface area contributed by atoms with Gasteiger partial charge in [0.15, 0.2) is 0 Å². The van der Waals surface area contributed by atoms with E-state index in [1.54, 1.807) is 49.8 Å². The normalized spacial score (nSPS) is 17.5. The molecule has 2 N–H and O–H groups in total. The number of methoxy groups -OCH3 is 1. The summed E-state index contributed by atoms with van der Waals surface area (Å²) in [7, 11) is 1.59. The van der Waals surface area contributed by atoms with Gasteiger partial charge in [-0.1, -0.05) is 26.0 Å². The van der Waals surface area contributed by atoms with E-state index < -0.39 is 17.7 Å². The molecule has 176 valence electrons. The number of aliphatic hydroxyl groups excluding tert-OH is 1. The average molecular weight is 469 g/mol. The van der Waals surface area contributed by atoms with Gasteiger partial charge in [0.05, 0.1) is 29.8 Å². The van der Waals surface area contributed by atoms with Crippen LogP contribution in [0, 0.1) is 0 Å². The number of rotatable bonds is 5. The van der Waals surface area contributed by atoms with Crippen molar-refractivity contribution in [2.75, 3.05) is 12.0 Å². The molecule has 1 atom stereocenters. The molecule has 3 heterocycles. The molecule has 2 aromatic carbocycles. The number of hydrogen-bond donors (Lipinski definition) is 2. The van der Waals surface area contributed by atoms with Crippen molar-refractivity contribution < 1.29 is 19.4 Å². The van der Waals surface area contributed by atoms with E-state index in [2.05, 4.69) is 15.0 Å². The van der Waals surface area contributed by atoms with Crippen LogP contribution in [0.3, 0.4) is 0 Å². The lowest BCUT2D eigenvalue weighted by atomic mass is 9.93. The fourth-order valence-corrected chi connectivity index (χ4v) is 4.45. The molecule has 0 bridgehead atoms. The van der Waals surface area contributed by atoms with E-state index in [-0.39, 0.29) is 23.2 Å². The predicted octanol–water partition coefficient (Wildman–Crippen LogP) is 4.72. The number of carbonyl (C=O) groups is 2. The van der Waals surface area contributed by atoms with Crippen molar-refractivity contribution in [3.63, 3.8) is 0 Å². The van der Waals surface area contributed by atoms with Crippen molar-refractivity contribution in [2.45, 2.75) is 25.8 Å². The van der Waals surface area contributed by atoms with Crippen molar-refractivity contribution in [1.82, 2.24) is 15.0 Å². The summed E-state index contributed by atoms with van der Waals surface area (Å²) in [6.45, 7) is 4.03. The first-order chi connectivity index (χ1) is 16.9. The topological polar surface area (TPSA) is 108 Å². The van der Waals surface area contributed by atoms with Gasteiger partial charge in [-0.3, -0.25) is 19.5 Å². The van der Waals surface area contributed by atoms with Gasteiger partial charge in [0.25, 0.3) is 5.78 Å². The Morgan fingerprint density at radius 1 is 1.09 bits per heavy atom. The van der Waals surface area contributed by atoms with Crippen LogP contribution in [0.1, 0.15) is 42.5 Å². The number of hydrogen-bond acceptors (Lipinski definition) is 6. The molecule has 1 amide bonds. The summed E-state index contributed by atoms with van der Waals surface area (Å²) in [6.07, 6.45) is 3.16. The van der Waals surface area contributed by atoms with Crippen LogP contribution in [0.2, 0.25) is 0 Å². The van der Waals surface area contributed by atoms with Gasteiger partial charge in [0, 0.05) is 18.0 Å². The Balaban J connectivity index is 1.72. The first-order valence-corrected chi connectivity index (χ1v) is 11.2. The Morgan fingerprint density at radius 3 is 2.51 bits per heavy atom. The van der Waals surface area contributed by atoms with Crippen LogP contribution in [0.4, 0.5) is 5.95 Å². The number of fused-ring (bicyclic) bond motifs is 1. The van der Waals surface area contributed by atoms with E-state index in [9.17, 15) is 14.7 Å². The van der Waals surface area contributed by atoms with Gasteiger partial charge in [-0.15, -0.1) is 0 Å². The number of nitrogens with zero attached hydrogens (tertiary/aromatic N) is 3. The second-order valence-electron chi connectivity index (χ2n) is 8.64. The number of benzene rings is 2. The average Bonchev–Trinajstić information content (AvgIpc) is 3.42. The molecule has 2 aromatic heterocycles. The maximum absolute atomic E-state index is 13.4. The summed E-state index contributed by atoms with van der Waals surface area (Å²) in [5, 5.41) is 11.4. The van der Waals surface area contributed by atoms with Gasteiger partial charge in [0.1, 0.15) is 11.5 Å². The molecular formula is C27H24N4O4. The van der Waals surface area contributed by atoms with Gasteiger partial charge in [0.2, 0.25) is 5.95 Å². The zero-order valence-electron chi connectivity index (χ0n) is 19.5. The van der Waals surface area contributed by atoms with E-state index in [1.165, 1.54) is 4.90 Å². The van der Waals surface area contributed by atoms with Crippen molar-refractivity contribution >= 4 is 34.4 Å². The number of anilines is 1. The molecule has 1 aliphatic rings. The lowest BCUT2D eigenvalue weighted by molar-refractivity contribution is -0.132. The SMILES string of the molecule is COc1ccc(/C(O)=C2\C(=O)C(=O)N(c3nc4ccccc4[nH]3)C2c2ccncc2)cc1C(C)C. The fourth-order valence-electron chi connectivity index (χ4n) is 4.45. The first kappa shape index (κ1) is 22.3. The number of nitrogens with one attached hydrogen (secondary N) is 1. The summed E-state index contributed by atoms with van der Waals surface area (Å²) in [4.78, 5) is 39.7. The number of aromatic nitrogens is 3. The van der Waals surface area contributed by atoms with Crippen LogP contribution >= 0.6 is 0 Å². The minimum absolute atomic E-state index is 0.0125. The molecule has 1 saturated heterocycles. The number of para-hydroxylation sites is 2. The third kappa shape index (κ3) is 3.73. The van der Waals surface area contributed by atoms with Crippen LogP contribution in [0.5, 0.6) is 5.75 Å². The molecule has 5 rings (SSSR count). The van der Waals surface area contributed by atoms with Crippen LogP contribution in [0.25, 0.3) is 16.8 Å². The van der Waals surface area contributed by atoms with Gasteiger partial charge in [-0.2, -0.15) is 0 Å². The monoisotopic (exact) mass is 468 g/mol. The van der Waals surface area contributed by atoms with Gasteiger partial charge in [-0.05, 0) is 59.5 Å². The van der Waals surface area contributed by atoms with Crippen molar-refractivity contribution in [3.05, 3.63) is 89.3 Å². The molecule has 0 aliphatic carbocycles. The third-order valence-electron chi connectivity index (χ3n) is 6.20. The number of imidazole rings is 1. The maximum Gasteiger partial charge on any atom is 0.302 e. The molecule has 0 spiro atoms. The summed E-state index contributed by atoms with van der Waals surface area (Å²) in [5.41, 5.74) is 3.31. The summed E-state index contributed by atoms with van der Waals surface area (Å²) < 4.78 is 5.45. The number of ketones is 1. The molecule has 1 aliphatic heterocycles. The highest BCUT2D eigenvalue weighted by Gasteiger charge is 2.48. The number of pyridine rings is 1. The summed E-state index contributed by atoms with van der Waals surface area (Å²) >= 11 is 0. The minimum atomic E-state index is -0.886. The minimum Gasteiger partial charge on any atom is -0.507 e. The highest BCUT2D eigenvalue weighted by atomic mass is 16.5. The molecule has 4 aromatic rings. The van der Waals surface area contributed by atoms with E-state index in [4.69, 9.17) is 4.74 Å². The van der Waals surface area contributed by atoms with Crippen molar-refractivity contribution in [3.8, 4) is 5.75 Å². The standard InChI is InChI=1S/C27H24N4O4/c1-15(2)18-14-17(8-9-21(18)35-3)24(32)22-23(16-10-12-28-13-11-16)31(26(34)25(22)33)27-29-19-6-4-5-7-20(19)30-27/h4-15,23,32H,1-3H3,(H,29,30)/b24-22+.